The van der Waals surface area contributed by atoms with Gasteiger partial charge in [0.25, 0.3) is 0 Å². The van der Waals surface area contributed by atoms with Crippen LogP contribution in [0.15, 0.2) is 42.0 Å². The molecule has 1 aromatic carbocycles. The van der Waals surface area contributed by atoms with Crippen LogP contribution in [0.1, 0.15) is 30.1 Å². The highest BCUT2D eigenvalue weighted by Gasteiger charge is 2.48. The van der Waals surface area contributed by atoms with Gasteiger partial charge in [-0.3, -0.25) is 10.1 Å². The zero-order valence-electron chi connectivity index (χ0n) is 21.8. The Balaban J connectivity index is 2.25. The molecule has 0 spiro atoms. The van der Waals surface area contributed by atoms with E-state index in [4.69, 9.17) is 30.2 Å². The third-order valence-corrected chi connectivity index (χ3v) is 6.61. The van der Waals surface area contributed by atoms with E-state index in [1.54, 1.807) is 6.92 Å². The first kappa shape index (κ1) is 32.2. The number of thioether (sulfide) groups is 1. The average molecular weight is 581 g/mol. The summed E-state index contributed by atoms with van der Waals surface area (Å²) in [7, 11) is 0. The van der Waals surface area contributed by atoms with Gasteiger partial charge in [0.2, 0.25) is 5.91 Å². The van der Waals surface area contributed by atoms with Gasteiger partial charge < -0.3 is 35.1 Å². The van der Waals surface area contributed by atoms with Gasteiger partial charge in [0.05, 0.1) is 24.8 Å². The second-order valence-corrected chi connectivity index (χ2v) is 9.44. The van der Waals surface area contributed by atoms with Crippen molar-refractivity contribution < 1.29 is 43.2 Å². The van der Waals surface area contributed by atoms with Crippen molar-refractivity contribution in [3.63, 3.8) is 0 Å². The van der Waals surface area contributed by atoms with E-state index in [0.29, 0.717) is 12.2 Å². The molecule has 15 nitrogen and oxygen atoms in total. The summed E-state index contributed by atoms with van der Waals surface area (Å²) in [5, 5.41) is 19.5. The summed E-state index contributed by atoms with van der Waals surface area (Å²) in [4.78, 5) is 50.9. The van der Waals surface area contributed by atoms with Gasteiger partial charge in [-0.2, -0.15) is 0 Å². The Kier molecular flexibility index (Phi) is 13.6. The largest absolute Gasteiger partial charge is 0.462 e. The molecular formula is C24H32N6O9S. The second kappa shape index (κ2) is 16.9. The molecule has 1 aromatic rings. The molecule has 0 saturated carbocycles. The molecule has 40 heavy (non-hydrogen) atoms. The lowest BCUT2D eigenvalue weighted by molar-refractivity contribution is -0.154. The third-order valence-electron chi connectivity index (χ3n) is 5.35. The highest BCUT2D eigenvalue weighted by Crippen LogP contribution is 2.31. The summed E-state index contributed by atoms with van der Waals surface area (Å²) in [5.41, 5.74) is 13.6. The number of hydrogen-bond acceptors (Lipinski definition) is 11. The van der Waals surface area contributed by atoms with Crippen LogP contribution in [0.5, 0.6) is 0 Å². The van der Waals surface area contributed by atoms with E-state index >= 15 is 0 Å². The number of esters is 1. The fourth-order valence-corrected chi connectivity index (χ4v) is 4.75. The van der Waals surface area contributed by atoms with Gasteiger partial charge in [-0.1, -0.05) is 17.8 Å². The number of aliphatic hydroxyl groups is 1. The van der Waals surface area contributed by atoms with Crippen LogP contribution in [-0.4, -0.2) is 84.5 Å². The Morgan fingerprint density at radius 2 is 1.98 bits per heavy atom. The Bertz CT molecular complexity index is 1080. The monoisotopic (exact) mass is 580 g/mol. The Hall–Kier alpha value is -3.98. The molecule has 16 heteroatoms. The molecule has 0 unspecified atom stereocenters. The predicted molar refractivity (Wildman–Crippen MR) is 144 cm³/mol. The van der Waals surface area contributed by atoms with E-state index in [2.05, 4.69) is 27.2 Å². The number of hydrogen-bond donors (Lipinski definition) is 4. The van der Waals surface area contributed by atoms with Crippen molar-refractivity contribution in [3.05, 3.63) is 52.9 Å². The summed E-state index contributed by atoms with van der Waals surface area (Å²) >= 11 is 1.17. The minimum atomic E-state index is -1.52. The number of aliphatic hydroxyl groups excluding tert-OH is 1. The van der Waals surface area contributed by atoms with Crippen molar-refractivity contribution >= 4 is 41.5 Å². The first-order valence-electron chi connectivity index (χ1n) is 12.2. The quantitative estimate of drug-likeness (QED) is 0.0478. The van der Waals surface area contributed by atoms with E-state index in [9.17, 15) is 24.3 Å². The predicted octanol–water partition coefficient (Wildman–Crippen LogP) is 2.46. The highest BCUT2D eigenvalue weighted by atomic mass is 32.2. The molecule has 2 rings (SSSR count). The number of carbonyl (C=O) groups is 4. The number of nitrogens with one attached hydrogen (secondary N) is 2. The Morgan fingerprint density at radius 1 is 1.25 bits per heavy atom. The van der Waals surface area contributed by atoms with Gasteiger partial charge in [0.1, 0.15) is 24.2 Å². The van der Waals surface area contributed by atoms with Crippen molar-refractivity contribution in [1.29, 1.82) is 0 Å². The van der Waals surface area contributed by atoms with Crippen LogP contribution in [0.4, 0.5) is 15.3 Å². The minimum Gasteiger partial charge on any atom is -0.462 e. The number of nitrogens with two attached hydrogens (primary N) is 1. The van der Waals surface area contributed by atoms with Crippen LogP contribution >= 0.6 is 11.8 Å². The Morgan fingerprint density at radius 3 is 2.60 bits per heavy atom. The smallest absolute Gasteiger partial charge is 0.412 e. The number of anilines is 1. The van der Waals surface area contributed by atoms with Crippen LogP contribution in [0.2, 0.25) is 0 Å². The standard InChI is InChI=1S/C24H32N6O9S/c1-3-11-37-23(34)29-18-20(39-24(35)28-15-9-7-14(8-10-15)21(33)36-4-2)19(32)16(13-27-30-26)38-22(18)40-12-5-6-17(25)31/h3,7-10,16,18-20,22,32H,1,4-6,11-13H2,2H3,(H2,25,31)(H,28,35)(H,29,34)/t16-,18-,19+,20-,22-/m1/s1. The second-order valence-electron chi connectivity index (χ2n) is 8.24. The minimum absolute atomic E-state index is 0.105. The van der Waals surface area contributed by atoms with Gasteiger partial charge in [0, 0.05) is 17.0 Å². The van der Waals surface area contributed by atoms with Crippen LogP contribution in [0, 0.1) is 0 Å². The number of amides is 3. The summed E-state index contributed by atoms with van der Waals surface area (Å²) in [5.74, 6) is -0.647. The maximum absolute atomic E-state index is 12.8. The molecule has 5 atom stereocenters. The lowest BCUT2D eigenvalue weighted by Crippen LogP contribution is -2.64. The van der Waals surface area contributed by atoms with E-state index in [0.717, 1.165) is 0 Å². The lowest BCUT2D eigenvalue weighted by atomic mass is 9.97. The number of alkyl carbamates (subject to hydrolysis) is 1. The number of ether oxygens (including phenoxy) is 4. The van der Waals surface area contributed by atoms with Crippen molar-refractivity contribution in [3.8, 4) is 0 Å². The van der Waals surface area contributed by atoms with Crippen molar-refractivity contribution in [2.45, 2.75) is 49.6 Å². The fourth-order valence-electron chi connectivity index (χ4n) is 3.55. The van der Waals surface area contributed by atoms with Gasteiger partial charge >= 0.3 is 18.2 Å². The van der Waals surface area contributed by atoms with Crippen molar-refractivity contribution in [2.75, 3.05) is 30.8 Å². The summed E-state index contributed by atoms with van der Waals surface area (Å²) in [6.07, 6.45) is -4.00. The maximum Gasteiger partial charge on any atom is 0.412 e. The van der Waals surface area contributed by atoms with E-state index in [-0.39, 0.29) is 37.4 Å². The Labute approximate surface area is 234 Å². The molecule has 0 aliphatic carbocycles. The molecule has 1 heterocycles. The highest BCUT2D eigenvalue weighted by molar-refractivity contribution is 7.99. The molecule has 0 radical (unpaired) electrons. The number of primary amides is 1. The first-order valence-corrected chi connectivity index (χ1v) is 13.3. The molecule has 1 aliphatic heterocycles. The van der Waals surface area contributed by atoms with Gasteiger partial charge in [0.15, 0.2) is 6.10 Å². The van der Waals surface area contributed by atoms with Crippen molar-refractivity contribution in [2.24, 2.45) is 10.8 Å². The molecular weight excluding hydrogens is 548 g/mol. The molecule has 5 N–H and O–H groups in total. The fraction of sp³-hybridized carbons (Fsp3) is 0.500. The van der Waals surface area contributed by atoms with Crippen LogP contribution in [-0.2, 0) is 23.7 Å². The van der Waals surface area contributed by atoms with Gasteiger partial charge in [-0.05, 0) is 48.9 Å². The topological polar surface area (TPSA) is 224 Å². The molecule has 1 fully saturated rings. The SMILES string of the molecule is C=CCOC(=O)N[C@@H]1[C@@H](OC(=O)Nc2ccc(C(=O)OCC)cc2)[C@@H](O)[C@@H](CN=[N+]=[N-])O[C@@H]1SCCCC(N)=O. The van der Waals surface area contributed by atoms with Crippen molar-refractivity contribution in [1.82, 2.24) is 5.32 Å². The summed E-state index contributed by atoms with van der Waals surface area (Å²) in [6.45, 7) is 4.96. The zero-order chi connectivity index (χ0) is 29.5. The molecule has 0 aromatic heterocycles. The van der Waals surface area contributed by atoms with Crippen LogP contribution in [0.3, 0.4) is 0 Å². The number of azide groups is 1. The number of carbonyl (C=O) groups excluding carboxylic acids is 4. The van der Waals surface area contributed by atoms with Crippen LogP contribution in [0.25, 0.3) is 10.4 Å². The third kappa shape index (κ3) is 10.3. The van der Waals surface area contributed by atoms with E-state index in [1.165, 1.54) is 42.1 Å². The number of rotatable bonds is 14. The molecule has 3 amide bonds. The molecule has 218 valence electrons. The molecule has 0 bridgehead atoms. The molecule has 1 aliphatic rings. The lowest BCUT2D eigenvalue weighted by Gasteiger charge is -2.43. The zero-order valence-corrected chi connectivity index (χ0v) is 22.6. The summed E-state index contributed by atoms with van der Waals surface area (Å²) < 4.78 is 21.4. The van der Waals surface area contributed by atoms with E-state index in [1.807, 2.05) is 0 Å². The van der Waals surface area contributed by atoms with E-state index < -0.39 is 53.9 Å². The normalized spacial score (nSPS) is 21.7. The number of nitrogens with zero attached hydrogens (tertiary/aromatic N) is 3. The molecule has 1 saturated heterocycles. The van der Waals surface area contributed by atoms with Gasteiger partial charge in [-0.25, -0.2) is 14.4 Å². The summed E-state index contributed by atoms with van der Waals surface area (Å²) in [6, 6.07) is 4.69. The maximum atomic E-state index is 12.8. The van der Waals surface area contributed by atoms with Crippen LogP contribution < -0.4 is 16.4 Å². The average Bonchev–Trinajstić information content (AvgIpc) is 2.92. The number of benzene rings is 1. The van der Waals surface area contributed by atoms with Gasteiger partial charge in [-0.15, -0.1) is 11.8 Å². The first-order chi connectivity index (χ1) is 19.2.